The summed E-state index contributed by atoms with van der Waals surface area (Å²) >= 11 is 0. The Morgan fingerprint density at radius 3 is 2.44 bits per heavy atom. The number of Topliss-reactive ketones (excluding diaryl/α,β-unsaturated/α-hetero) is 1. The lowest BCUT2D eigenvalue weighted by Crippen LogP contribution is -2.14. The number of rotatable bonds is 4. The number of nitrogens with zero attached hydrogens (tertiary/aromatic N) is 1. The fraction of sp³-hybridized carbons (Fsp3) is 0.467. The van der Waals surface area contributed by atoms with Crippen molar-refractivity contribution >= 4 is 5.78 Å². The third kappa shape index (κ3) is 2.38. The van der Waals surface area contributed by atoms with Crippen LogP contribution in [0.4, 0.5) is 0 Å². The van der Waals surface area contributed by atoms with E-state index in [1.165, 1.54) is 0 Å². The Balaban J connectivity index is 3.36. The number of methoxy groups -OCH3 is 1. The second kappa shape index (κ2) is 5.68. The second-order valence-electron chi connectivity index (χ2n) is 4.48. The average molecular weight is 245 g/mol. The lowest BCUT2D eigenvalue weighted by molar-refractivity contribution is 0.0946. The lowest BCUT2D eigenvalue weighted by Gasteiger charge is -2.16. The predicted octanol–water partition coefficient (Wildman–Crippen LogP) is 3.35. The number of hydrogen-bond acceptors (Lipinski definition) is 3. The van der Waals surface area contributed by atoms with Gasteiger partial charge in [0.05, 0.1) is 13.2 Å². The lowest BCUT2D eigenvalue weighted by atomic mass is 9.90. The van der Waals surface area contributed by atoms with Crippen LogP contribution >= 0.6 is 0 Å². The molecule has 1 rings (SSSR count). The van der Waals surface area contributed by atoms with Crippen LogP contribution < -0.4 is 4.74 Å². The van der Waals surface area contributed by atoms with E-state index in [1.54, 1.807) is 7.11 Å². The van der Waals surface area contributed by atoms with Crippen LogP contribution in [0.1, 0.15) is 40.4 Å². The van der Waals surface area contributed by atoms with Gasteiger partial charge in [0.1, 0.15) is 11.7 Å². The number of aryl methyl sites for hydroxylation is 1. The third-order valence-corrected chi connectivity index (χ3v) is 3.38. The molecule has 0 amide bonds. The van der Waals surface area contributed by atoms with Crippen LogP contribution in [0.25, 0.3) is 0 Å². The molecule has 1 unspecified atom stereocenters. The first-order valence-electron chi connectivity index (χ1n) is 6.06. The maximum Gasteiger partial charge on any atom is 0.180 e. The van der Waals surface area contributed by atoms with Gasteiger partial charge in [0, 0.05) is 5.56 Å². The van der Waals surface area contributed by atoms with Crippen LogP contribution in [0.5, 0.6) is 5.75 Å². The molecule has 0 aromatic heterocycles. The molecule has 0 heterocycles. The monoisotopic (exact) mass is 245 g/mol. The van der Waals surface area contributed by atoms with Crippen LogP contribution in [0, 0.1) is 38.0 Å². The molecule has 1 aromatic rings. The van der Waals surface area contributed by atoms with Crippen LogP contribution in [0.3, 0.4) is 0 Å². The summed E-state index contributed by atoms with van der Waals surface area (Å²) in [6, 6.07) is 3.89. The largest absolute Gasteiger partial charge is 0.496 e. The molecule has 0 N–H and O–H groups in total. The van der Waals surface area contributed by atoms with Gasteiger partial charge in [-0.2, -0.15) is 5.26 Å². The molecule has 0 aliphatic heterocycles. The van der Waals surface area contributed by atoms with Gasteiger partial charge in [-0.05, 0) is 49.9 Å². The molecule has 0 radical (unpaired) electrons. The van der Waals surface area contributed by atoms with Gasteiger partial charge in [0.15, 0.2) is 5.78 Å². The van der Waals surface area contributed by atoms with Crippen LogP contribution in [0.15, 0.2) is 6.07 Å². The number of ketones is 1. The van der Waals surface area contributed by atoms with Crippen molar-refractivity contribution < 1.29 is 9.53 Å². The number of ether oxygens (including phenoxy) is 1. The van der Waals surface area contributed by atoms with Crippen molar-refractivity contribution in [3.8, 4) is 11.8 Å². The van der Waals surface area contributed by atoms with Gasteiger partial charge < -0.3 is 4.74 Å². The Hall–Kier alpha value is -1.82. The minimum absolute atomic E-state index is 0.0913. The van der Waals surface area contributed by atoms with Crippen LogP contribution in [0.2, 0.25) is 0 Å². The Bertz CT molecular complexity index is 512. The third-order valence-electron chi connectivity index (χ3n) is 3.38. The number of carbonyl (C=O) groups excluding carboxylic acids is 1. The van der Waals surface area contributed by atoms with E-state index >= 15 is 0 Å². The zero-order valence-corrected chi connectivity index (χ0v) is 11.6. The van der Waals surface area contributed by atoms with Crippen molar-refractivity contribution in [2.24, 2.45) is 5.92 Å². The van der Waals surface area contributed by atoms with Gasteiger partial charge in [-0.25, -0.2) is 0 Å². The summed E-state index contributed by atoms with van der Waals surface area (Å²) in [6.07, 6.45) is 0.541. The van der Waals surface area contributed by atoms with E-state index in [0.717, 1.165) is 22.4 Å². The Kier molecular flexibility index (Phi) is 4.49. The highest BCUT2D eigenvalue weighted by Crippen LogP contribution is 2.30. The molecule has 0 fully saturated rings. The first kappa shape index (κ1) is 14.2. The molecule has 3 heteroatoms. The van der Waals surface area contributed by atoms with E-state index in [2.05, 4.69) is 6.07 Å². The van der Waals surface area contributed by atoms with Crippen molar-refractivity contribution in [3.05, 3.63) is 28.3 Å². The molecule has 0 bridgehead atoms. The molecule has 96 valence electrons. The topological polar surface area (TPSA) is 50.1 Å². The number of nitriles is 1. The zero-order chi connectivity index (χ0) is 13.9. The van der Waals surface area contributed by atoms with Crippen LogP contribution in [-0.2, 0) is 0 Å². The van der Waals surface area contributed by atoms with Gasteiger partial charge in [0.25, 0.3) is 0 Å². The molecule has 0 aliphatic rings. The van der Waals surface area contributed by atoms with Crippen molar-refractivity contribution in [2.75, 3.05) is 7.11 Å². The molecule has 0 aliphatic carbocycles. The van der Waals surface area contributed by atoms with E-state index < -0.39 is 5.92 Å². The molecule has 1 atom stereocenters. The smallest absolute Gasteiger partial charge is 0.180 e. The average Bonchev–Trinajstić information content (AvgIpc) is 2.35. The highest BCUT2D eigenvalue weighted by molar-refractivity contribution is 6.01. The molecular formula is C15H19NO2. The summed E-state index contributed by atoms with van der Waals surface area (Å²) in [6.45, 7) is 7.60. The zero-order valence-electron chi connectivity index (χ0n) is 11.6. The van der Waals surface area contributed by atoms with Gasteiger partial charge >= 0.3 is 0 Å². The van der Waals surface area contributed by atoms with E-state index in [0.29, 0.717) is 12.0 Å². The van der Waals surface area contributed by atoms with E-state index in [-0.39, 0.29) is 5.78 Å². The first-order chi connectivity index (χ1) is 8.47. The van der Waals surface area contributed by atoms with Gasteiger partial charge in [0.2, 0.25) is 0 Å². The molecule has 0 saturated heterocycles. The molecular weight excluding hydrogens is 226 g/mol. The molecule has 1 aromatic carbocycles. The second-order valence-corrected chi connectivity index (χ2v) is 4.48. The minimum atomic E-state index is -0.559. The highest BCUT2D eigenvalue weighted by Gasteiger charge is 2.22. The summed E-state index contributed by atoms with van der Waals surface area (Å²) in [5.41, 5.74) is 3.43. The van der Waals surface area contributed by atoms with Gasteiger partial charge in [-0.15, -0.1) is 0 Å². The van der Waals surface area contributed by atoms with Gasteiger partial charge in [-0.3, -0.25) is 4.79 Å². The highest BCUT2D eigenvalue weighted by atomic mass is 16.5. The maximum absolute atomic E-state index is 12.3. The van der Waals surface area contributed by atoms with E-state index in [9.17, 15) is 4.79 Å². The number of benzene rings is 1. The summed E-state index contributed by atoms with van der Waals surface area (Å²) < 4.78 is 5.33. The van der Waals surface area contributed by atoms with Crippen molar-refractivity contribution in [3.63, 3.8) is 0 Å². The first-order valence-corrected chi connectivity index (χ1v) is 6.06. The van der Waals surface area contributed by atoms with Gasteiger partial charge in [-0.1, -0.05) is 6.92 Å². The molecule has 0 spiro atoms. The number of hydrogen-bond donors (Lipinski definition) is 0. The van der Waals surface area contributed by atoms with Crippen molar-refractivity contribution in [1.82, 2.24) is 0 Å². The predicted molar refractivity (Wildman–Crippen MR) is 70.9 cm³/mol. The standard InChI is InChI=1S/C15H19NO2/c1-6-12(8-16)14(17)13-7-9(2)15(18-5)11(4)10(13)3/h7,12H,6H2,1-5H3. The molecule has 18 heavy (non-hydrogen) atoms. The Morgan fingerprint density at radius 1 is 1.39 bits per heavy atom. The normalized spacial score (nSPS) is 11.8. The quantitative estimate of drug-likeness (QED) is 0.764. The number of carbonyl (C=O) groups is 1. The minimum Gasteiger partial charge on any atom is -0.496 e. The molecule has 3 nitrogen and oxygen atoms in total. The summed E-state index contributed by atoms with van der Waals surface area (Å²) in [5.74, 6) is 0.163. The summed E-state index contributed by atoms with van der Waals surface area (Å²) in [4.78, 5) is 12.3. The van der Waals surface area contributed by atoms with Crippen molar-refractivity contribution in [2.45, 2.75) is 34.1 Å². The summed E-state index contributed by atoms with van der Waals surface area (Å²) in [5, 5.41) is 8.99. The Morgan fingerprint density at radius 2 is 2.00 bits per heavy atom. The van der Waals surface area contributed by atoms with Crippen molar-refractivity contribution in [1.29, 1.82) is 5.26 Å². The Labute approximate surface area is 108 Å². The maximum atomic E-state index is 12.3. The van der Waals surface area contributed by atoms with E-state index in [4.69, 9.17) is 10.00 Å². The van der Waals surface area contributed by atoms with Crippen LogP contribution in [-0.4, -0.2) is 12.9 Å². The summed E-state index contributed by atoms with van der Waals surface area (Å²) in [7, 11) is 1.63. The SMILES string of the molecule is CCC(C#N)C(=O)c1cc(C)c(OC)c(C)c1C. The fourth-order valence-corrected chi connectivity index (χ4v) is 2.15. The fourth-order valence-electron chi connectivity index (χ4n) is 2.15. The van der Waals surface area contributed by atoms with E-state index in [1.807, 2.05) is 33.8 Å². The molecule has 0 saturated carbocycles.